The minimum atomic E-state index is -4.03. The van der Waals surface area contributed by atoms with Crippen molar-refractivity contribution in [2.45, 2.75) is 62.9 Å². The predicted octanol–water partition coefficient (Wildman–Crippen LogP) is 3.35. The maximum Gasteiger partial charge on any atom is 0.391 e. The van der Waals surface area contributed by atoms with Crippen LogP contribution in [0.4, 0.5) is 13.2 Å². The highest BCUT2D eigenvalue weighted by Gasteiger charge is 2.41. The van der Waals surface area contributed by atoms with Crippen LogP contribution in [0.25, 0.3) is 0 Å². The Morgan fingerprint density at radius 1 is 1.17 bits per heavy atom. The Kier molecular flexibility index (Phi) is 4.96. The number of rotatable bonds is 3. The molecule has 130 valence electrons. The number of nitrogens with zero attached hydrogens (tertiary/aromatic N) is 2. The minimum absolute atomic E-state index is 0.0141. The van der Waals surface area contributed by atoms with Crippen LogP contribution in [0.5, 0.6) is 0 Å². The first-order valence-corrected chi connectivity index (χ1v) is 8.34. The molecule has 1 aromatic heterocycles. The molecule has 1 saturated carbocycles. The number of aromatic nitrogens is 2. The van der Waals surface area contributed by atoms with Crippen LogP contribution in [-0.2, 0) is 11.8 Å². The van der Waals surface area contributed by atoms with Crippen LogP contribution < -0.4 is 5.32 Å². The number of imidazole rings is 1. The van der Waals surface area contributed by atoms with Crippen LogP contribution in [0.2, 0.25) is 0 Å². The first kappa shape index (κ1) is 16.8. The van der Waals surface area contributed by atoms with E-state index < -0.39 is 12.1 Å². The second-order valence-electron chi connectivity index (χ2n) is 6.77. The number of ether oxygens (including phenoxy) is 1. The number of halogens is 3. The summed E-state index contributed by atoms with van der Waals surface area (Å²) in [6.07, 6.45) is 3.03. The van der Waals surface area contributed by atoms with Gasteiger partial charge in [0.15, 0.2) is 0 Å². The maximum atomic E-state index is 12.7. The lowest BCUT2D eigenvalue weighted by atomic mass is 9.85. The first-order valence-electron chi connectivity index (χ1n) is 8.34. The van der Waals surface area contributed by atoms with Gasteiger partial charge in [-0.25, -0.2) is 4.98 Å². The molecule has 0 amide bonds. The number of nitrogens with one attached hydrogen (secondary N) is 1. The Morgan fingerprint density at radius 2 is 1.91 bits per heavy atom. The van der Waals surface area contributed by atoms with Crippen molar-refractivity contribution in [3.8, 4) is 0 Å². The molecule has 4 nitrogen and oxygen atoms in total. The Labute approximate surface area is 134 Å². The highest BCUT2D eigenvalue weighted by Crippen LogP contribution is 2.38. The summed E-state index contributed by atoms with van der Waals surface area (Å²) in [5, 5.41) is 3.56. The highest BCUT2D eigenvalue weighted by atomic mass is 19.4. The van der Waals surface area contributed by atoms with Crippen molar-refractivity contribution in [1.29, 1.82) is 0 Å². The highest BCUT2D eigenvalue weighted by molar-refractivity contribution is 5.04. The van der Waals surface area contributed by atoms with Crippen molar-refractivity contribution >= 4 is 0 Å². The van der Waals surface area contributed by atoms with Crippen LogP contribution >= 0.6 is 0 Å². The molecule has 23 heavy (non-hydrogen) atoms. The Hall–Kier alpha value is -1.08. The van der Waals surface area contributed by atoms with E-state index in [1.165, 1.54) is 0 Å². The smallest absolute Gasteiger partial charge is 0.372 e. The molecule has 3 rings (SSSR count). The lowest BCUT2D eigenvalue weighted by Gasteiger charge is -2.36. The van der Waals surface area contributed by atoms with Gasteiger partial charge in [-0.05, 0) is 38.5 Å². The number of hydrogen-bond acceptors (Lipinski definition) is 3. The molecule has 0 bridgehead atoms. The zero-order valence-corrected chi connectivity index (χ0v) is 13.4. The quantitative estimate of drug-likeness (QED) is 0.923. The van der Waals surface area contributed by atoms with E-state index in [1.807, 2.05) is 17.8 Å². The minimum Gasteiger partial charge on any atom is -0.372 e. The molecule has 0 radical (unpaired) electrons. The van der Waals surface area contributed by atoms with Gasteiger partial charge < -0.3 is 14.6 Å². The van der Waals surface area contributed by atoms with Crippen LogP contribution in [0, 0.1) is 5.92 Å². The SMILES string of the molecule is Cn1cncc1[C@H]1C[C@@H](NC2CCC(C(F)(F)F)CC2)CCO1. The second kappa shape index (κ2) is 6.81. The van der Waals surface area contributed by atoms with Crippen molar-refractivity contribution < 1.29 is 17.9 Å². The monoisotopic (exact) mass is 331 g/mol. The molecule has 7 heteroatoms. The van der Waals surface area contributed by atoms with Crippen LogP contribution in [0.1, 0.15) is 50.3 Å². The average molecular weight is 331 g/mol. The van der Waals surface area contributed by atoms with Gasteiger partial charge in [0, 0.05) is 25.7 Å². The van der Waals surface area contributed by atoms with Crippen molar-refractivity contribution in [3.05, 3.63) is 18.2 Å². The fraction of sp³-hybridized carbons (Fsp3) is 0.812. The number of aryl methyl sites for hydroxylation is 1. The largest absolute Gasteiger partial charge is 0.391 e. The van der Waals surface area contributed by atoms with Gasteiger partial charge in [0.05, 0.1) is 24.1 Å². The van der Waals surface area contributed by atoms with E-state index in [-0.39, 0.29) is 25.0 Å². The van der Waals surface area contributed by atoms with E-state index in [9.17, 15) is 13.2 Å². The van der Waals surface area contributed by atoms with Crippen molar-refractivity contribution in [2.75, 3.05) is 6.61 Å². The Bertz CT molecular complexity index is 509. The van der Waals surface area contributed by atoms with Gasteiger partial charge in [-0.3, -0.25) is 0 Å². The zero-order valence-electron chi connectivity index (χ0n) is 13.4. The van der Waals surface area contributed by atoms with E-state index in [1.54, 1.807) is 6.33 Å². The predicted molar refractivity (Wildman–Crippen MR) is 79.9 cm³/mol. The summed E-state index contributed by atoms with van der Waals surface area (Å²) in [4.78, 5) is 4.12. The molecule has 0 spiro atoms. The molecule has 2 atom stereocenters. The summed E-state index contributed by atoms with van der Waals surface area (Å²) in [7, 11) is 1.95. The molecule has 1 saturated heterocycles. The van der Waals surface area contributed by atoms with E-state index in [4.69, 9.17) is 4.74 Å². The molecule has 0 aromatic carbocycles. The van der Waals surface area contributed by atoms with Crippen LogP contribution in [0.3, 0.4) is 0 Å². The van der Waals surface area contributed by atoms with Gasteiger partial charge in [0.2, 0.25) is 0 Å². The third-order valence-corrected chi connectivity index (χ3v) is 5.13. The maximum absolute atomic E-state index is 12.7. The lowest BCUT2D eigenvalue weighted by Crippen LogP contribution is -2.45. The molecule has 1 aliphatic heterocycles. The summed E-state index contributed by atoms with van der Waals surface area (Å²) in [6.45, 7) is 0.672. The Balaban J connectivity index is 1.50. The van der Waals surface area contributed by atoms with E-state index in [0.29, 0.717) is 25.5 Å². The van der Waals surface area contributed by atoms with Crippen LogP contribution in [0.15, 0.2) is 12.5 Å². The molecular weight excluding hydrogens is 307 g/mol. The molecule has 2 fully saturated rings. The van der Waals surface area contributed by atoms with Crippen molar-refractivity contribution in [2.24, 2.45) is 13.0 Å². The molecule has 1 N–H and O–H groups in total. The van der Waals surface area contributed by atoms with Gasteiger partial charge in [-0.1, -0.05) is 0 Å². The van der Waals surface area contributed by atoms with E-state index in [2.05, 4.69) is 10.3 Å². The molecule has 1 aliphatic carbocycles. The summed E-state index contributed by atoms with van der Waals surface area (Å²) < 4.78 is 46.0. The van der Waals surface area contributed by atoms with Gasteiger partial charge >= 0.3 is 6.18 Å². The van der Waals surface area contributed by atoms with Gasteiger partial charge in [0.1, 0.15) is 6.10 Å². The lowest BCUT2D eigenvalue weighted by molar-refractivity contribution is -0.182. The summed E-state index contributed by atoms with van der Waals surface area (Å²) in [5.41, 5.74) is 1.05. The summed E-state index contributed by atoms with van der Waals surface area (Å²) in [6, 6.07) is 0.500. The second-order valence-corrected chi connectivity index (χ2v) is 6.77. The van der Waals surface area contributed by atoms with E-state index in [0.717, 1.165) is 18.5 Å². The Morgan fingerprint density at radius 3 is 2.52 bits per heavy atom. The standard InChI is InChI=1S/C16H24F3N3O/c1-22-10-20-9-14(22)15-8-13(6-7-23-15)21-12-4-2-11(3-5-12)16(17,18)19/h9-13,15,21H,2-8H2,1H3/t11?,12?,13-,15+/m0/s1. The van der Waals surface area contributed by atoms with Crippen molar-refractivity contribution in [1.82, 2.24) is 14.9 Å². The fourth-order valence-electron chi connectivity index (χ4n) is 3.75. The van der Waals surface area contributed by atoms with Gasteiger partial charge in [0.25, 0.3) is 0 Å². The number of hydrogen-bond donors (Lipinski definition) is 1. The van der Waals surface area contributed by atoms with Gasteiger partial charge in [-0.2, -0.15) is 13.2 Å². The first-order chi connectivity index (χ1) is 10.9. The third-order valence-electron chi connectivity index (χ3n) is 5.13. The summed E-state index contributed by atoms with van der Waals surface area (Å²) in [5.74, 6) is -1.11. The number of alkyl halides is 3. The topological polar surface area (TPSA) is 39.1 Å². The van der Waals surface area contributed by atoms with Crippen LogP contribution in [-0.4, -0.2) is 34.4 Å². The normalized spacial score (nSPS) is 32.9. The molecular formula is C16H24F3N3O. The van der Waals surface area contributed by atoms with Gasteiger partial charge in [-0.15, -0.1) is 0 Å². The van der Waals surface area contributed by atoms with E-state index >= 15 is 0 Å². The molecule has 2 heterocycles. The summed E-state index contributed by atoms with van der Waals surface area (Å²) >= 11 is 0. The fourth-order valence-corrected chi connectivity index (χ4v) is 3.75. The molecule has 1 aromatic rings. The zero-order chi connectivity index (χ0) is 16.4. The average Bonchev–Trinajstić information content (AvgIpc) is 2.93. The van der Waals surface area contributed by atoms with Crippen molar-refractivity contribution in [3.63, 3.8) is 0 Å². The third kappa shape index (κ3) is 4.07. The molecule has 2 aliphatic rings. The molecule has 0 unspecified atom stereocenters.